The first-order chi connectivity index (χ1) is 19.3. The Hall–Kier alpha value is -3.93. The van der Waals surface area contributed by atoms with E-state index < -0.39 is 34.7 Å². The molecule has 0 radical (unpaired) electrons. The topological polar surface area (TPSA) is 109 Å². The van der Waals surface area contributed by atoms with Crippen molar-refractivity contribution < 1.29 is 23.5 Å². The Bertz CT molecular complexity index is 1690. The Balaban J connectivity index is 1.36. The molecule has 0 bridgehead atoms. The van der Waals surface area contributed by atoms with E-state index in [2.05, 4.69) is 10.3 Å². The van der Waals surface area contributed by atoms with Gasteiger partial charge in [0.2, 0.25) is 11.8 Å². The Morgan fingerprint density at radius 2 is 1.77 bits per heavy atom. The standard InChI is InChI=1S/C28H19ClFN3O5S2/c29-14-6-11-19(38-13-20(34)31-16-9-7-15(30)8-10-16)18(12-14)21-22-24(39-25-23(21)40-28(37)32-25)27(36)33(26(22)35)17-4-2-1-3-5-17/h1-12,21-22,24H,13H2,(H,31,34)(H,32,37)/t21-,22?,24?/m1/s1. The van der Waals surface area contributed by atoms with E-state index in [9.17, 15) is 23.6 Å². The molecular weight excluding hydrogens is 577 g/mol. The number of aromatic nitrogens is 1. The molecule has 2 N–H and O–H groups in total. The number of thiazole rings is 1. The largest absolute Gasteiger partial charge is 0.483 e. The molecule has 0 aliphatic carbocycles. The minimum atomic E-state index is -0.842. The van der Waals surface area contributed by atoms with Crippen molar-refractivity contribution in [3.8, 4) is 5.75 Å². The Morgan fingerprint density at radius 3 is 2.52 bits per heavy atom. The van der Waals surface area contributed by atoms with Crippen LogP contribution < -0.4 is 19.8 Å². The van der Waals surface area contributed by atoms with Gasteiger partial charge in [-0.1, -0.05) is 52.9 Å². The molecule has 8 nitrogen and oxygen atoms in total. The number of halogens is 2. The summed E-state index contributed by atoms with van der Waals surface area (Å²) in [6.45, 7) is -0.388. The molecule has 12 heteroatoms. The summed E-state index contributed by atoms with van der Waals surface area (Å²) in [5.74, 6) is -2.99. The number of nitrogens with zero attached hydrogens (tertiary/aromatic N) is 1. The summed E-state index contributed by atoms with van der Waals surface area (Å²) in [5.41, 5.74) is 1.34. The van der Waals surface area contributed by atoms with E-state index in [4.69, 9.17) is 16.3 Å². The van der Waals surface area contributed by atoms with Gasteiger partial charge in [-0.25, -0.2) is 9.29 Å². The van der Waals surface area contributed by atoms with Gasteiger partial charge < -0.3 is 15.0 Å². The molecule has 202 valence electrons. The van der Waals surface area contributed by atoms with Crippen molar-refractivity contribution in [1.29, 1.82) is 0 Å². The second-order valence-electron chi connectivity index (χ2n) is 9.12. The van der Waals surface area contributed by atoms with Gasteiger partial charge in [-0.15, -0.1) is 0 Å². The summed E-state index contributed by atoms with van der Waals surface area (Å²) in [5, 5.41) is 2.71. The summed E-state index contributed by atoms with van der Waals surface area (Å²) in [6, 6.07) is 18.8. The number of benzene rings is 3. The molecular formula is C28H19ClFN3O5S2. The predicted octanol–water partition coefficient (Wildman–Crippen LogP) is 5.04. The van der Waals surface area contributed by atoms with Gasteiger partial charge in [-0.3, -0.25) is 19.2 Å². The number of para-hydroxylation sites is 1. The number of fused-ring (bicyclic) bond motifs is 2. The van der Waals surface area contributed by atoms with Crippen LogP contribution in [0.15, 0.2) is 82.6 Å². The molecule has 3 atom stereocenters. The number of carbonyl (C=O) groups is 3. The van der Waals surface area contributed by atoms with Gasteiger partial charge in [0.05, 0.1) is 16.6 Å². The summed E-state index contributed by atoms with van der Waals surface area (Å²) < 4.78 is 19.1. The number of nitrogens with one attached hydrogen (secondary N) is 2. The van der Waals surface area contributed by atoms with E-state index >= 15 is 0 Å². The van der Waals surface area contributed by atoms with Crippen LogP contribution >= 0.6 is 34.7 Å². The molecule has 1 aromatic heterocycles. The number of anilines is 2. The van der Waals surface area contributed by atoms with Gasteiger partial charge in [0.1, 0.15) is 16.8 Å². The van der Waals surface area contributed by atoms with Crippen LogP contribution in [0.4, 0.5) is 15.8 Å². The van der Waals surface area contributed by atoms with Crippen molar-refractivity contribution in [2.45, 2.75) is 16.2 Å². The zero-order chi connectivity index (χ0) is 28.0. The van der Waals surface area contributed by atoms with E-state index in [0.29, 0.717) is 31.9 Å². The van der Waals surface area contributed by atoms with E-state index in [0.717, 1.165) is 11.3 Å². The summed E-state index contributed by atoms with van der Waals surface area (Å²) in [6.07, 6.45) is 0. The molecule has 3 aromatic carbocycles. The fourth-order valence-electron chi connectivity index (χ4n) is 4.95. The first-order valence-electron chi connectivity index (χ1n) is 12.1. The number of hydrogen-bond donors (Lipinski definition) is 2. The van der Waals surface area contributed by atoms with Crippen molar-refractivity contribution in [3.05, 3.63) is 104 Å². The quantitative estimate of drug-likeness (QED) is 0.302. The third-order valence-electron chi connectivity index (χ3n) is 6.63. The van der Waals surface area contributed by atoms with E-state index in [-0.39, 0.29) is 23.1 Å². The highest BCUT2D eigenvalue weighted by atomic mass is 35.5. The Labute approximate surface area is 240 Å². The molecule has 3 amide bonds. The smallest absolute Gasteiger partial charge is 0.305 e. The summed E-state index contributed by atoms with van der Waals surface area (Å²) in [4.78, 5) is 56.7. The van der Waals surface area contributed by atoms with Gasteiger partial charge in [-0.2, -0.15) is 0 Å². The van der Waals surface area contributed by atoms with Gasteiger partial charge in [-0.05, 0) is 54.6 Å². The number of carbonyl (C=O) groups excluding carboxylic acids is 3. The number of thioether (sulfide) groups is 1. The van der Waals surface area contributed by atoms with Crippen LogP contribution in [0.5, 0.6) is 5.75 Å². The maximum absolute atomic E-state index is 13.9. The first-order valence-corrected chi connectivity index (χ1v) is 14.2. The minimum Gasteiger partial charge on any atom is -0.483 e. The van der Waals surface area contributed by atoms with Crippen molar-refractivity contribution in [3.63, 3.8) is 0 Å². The lowest BCUT2D eigenvalue weighted by Crippen LogP contribution is -2.32. The van der Waals surface area contributed by atoms with Gasteiger partial charge in [0.25, 0.3) is 5.91 Å². The Morgan fingerprint density at radius 1 is 1.02 bits per heavy atom. The molecule has 3 heterocycles. The lowest BCUT2D eigenvalue weighted by Gasteiger charge is -2.31. The third-order valence-corrected chi connectivity index (χ3v) is 9.27. The third kappa shape index (κ3) is 4.80. The minimum absolute atomic E-state index is 0.277. The van der Waals surface area contributed by atoms with Crippen LogP contribution in [0.1, 0.15) is 16.4 Å². The second kappa shape index (κ2) is 10.6. The van der Waals surface area contributed by atoms with Crippen molar-refractivity contribution >= 4 is 63.8 Å². The number of amides is 3. The highest BCUT2D eigenvalue weighted by molar-refractivity contribution is 8.00. The fourth-order valence-corrected chi connectivity index (χ4v) is 7.64. The number of aromatic amines is 1. The highest BCUT2D eigenvalue weighted by Crippen LogP contribution is 2.54. The van der Waals surface area contributed by atoms with Crippen molar-refractivity contribution in [2.75, 3.05) is 16.8 Å². The average Bonchev–Trinajstić information content (AvgIpc) is 3.43. The molecule has 1 fully saturated rings. The highest BCUT2D eigenvalue weighted by Gasteiger charge is 2.56. The SMILES string of the molecule is O=C(COc1ccc(Cl)cc1[C@H]1c2sc(=O)[nH]c2SC2C(=O)N(c3ccccc3)C(=O)C21)Nc1ccc(F)cc1. The molecule has 2 aliphatic rings. The van der Waals surface area contributed by atoms with Gasteiger partial charge >= 0.3 is 4.87 Å². The lowest BCUT2D eigenvalue weighted by atomic mass is 9.82. The predicted molar refractivity (Wildman–Crippen MR) is 151 cm³/mol. The maximum atomic E-state index is 13.9. The number of H-pyrrole nitrogens is 1. The van der Waals surface area contributed by atoms with Crippen molar-refractivity contribution in [1.82, 2.24) is 4.98 Å². The normalized spacial score (nSPS) is 19.8. The van der Waals surface area contributed by atoms with E-state index in [1.54, 1.807) is 48.5 Å². The molecule has 6 rings (SSSR count). The number of hydrogen-bond acceptors (Lipinski definition) is 7. The molecule has 0 saturated carbocycles. The first kappa shape index (κ1) is 26.3. The number of imide groups is 1. The van der Waals surface area contributed by atoms with E-state index in [1.807, 2.05) is 0 Å². The van der Waals surface area contributed by atoms with Gasteiger partial charge in [0.15, 0.2) is 6.61 Å². The number of ether oxygens (including phenoxy) is 1. The monoisotopic (exact) mass is 595 g/mol. The average molecular weight is 596 g/mol. The molecule has 0 spiro atoms. The molecule has 40 heavy (non-hydrogen) atoms. The zero-order valence-corrected chi connectivity index (χ0v) is 22.8. The van der Waals surface area contributed by atoms with Crippen LogP contribution in [-0.4, -0.2) is 34.6 Å². The maximum Gasteiger partial charge on any atom is 0.305 e. The molecule has 4 aromatic rings. The molecule has 2 aliphatic heterocycles. The van der Waals surface area contributed by atoms with Crippen LogP contribution in [0.25, 0.3) is 0 Å². The van der Waals surface area contributed by atoms with Crippen LogP contribution in [-0.2, 0) is 14.4 Å². The summed E-state index contributed by atoms with van der Waals surface area (Å²) in [7, 11) is 0. The molecule has 2 unspecified atom stereocenters. The van der Waals surface area contributed by atoms with Crippen molar-refractivity contribution in [2.24, 2.45) is 5.92 Å². The lowest BCUT2D eigenvalue weighted by molar-refractivity contribution is -0.122. The second-order valence-corrected chi connectivity index (χ2v) is 11.7. The zero-order valence-electron chi connectivity index (χ0n) is 20.4. The van der Waals surface area contributed by atoms with Crippen LogP contribution in [0, 0.1) is 11.7 Å². The molecule has 1 saturated heterocycles. The van der Waals surface area contributed by atoms with E-state index in [1.165, 1.54) is 40.9 Å². The van der Waals surface area contributed by atoms with Crippen LogP contribution in [0.2, 0.25) is 5.02 Å². The fraction of sp³-hybridized carbons (Fsp3) is 0.143. The number of rotatable bonds is 6. The van der Waals surface area contributed by atoms with Gasteiger partial charge in [0, 0.05) is 27.1 Å². The Kier molecular flexibility index (Phi) is 6.95. The summed E-state index contributed by atoms with van der Waals surface area (Å²) >= 11 is 8.51. The van der Waals surface area contributed by atoms with Crippen LogP contribution in [0.3, 0.4) is 0 Å².